The Morgan fingerprint density at radius 3 is 2.66 bits per heavy atom. The fourth-order valence-electron chi connectivity index (χ4n) is 4.56. The van der Waals surface area contributed by atoms with Crippen LogP contribution in [-0.4, -0.2) is 53.3 Å². The second-order valence-electron chi connectivity index (χ2n) is 8.35. The topological polar surface area (TPSA) is 159 Å². The molecule has 1 aliphatic heterocycles. The Balaban J connectivity index is 1.64. The van der Waals surface area contributed by atoms with Crippen LogP contribution in [-0.2, 0) is 19.9 Å². The van der Waals surface area contributed by atoms with Gasteiger partial charge in [0.2, 0.25) is 0 Å². The van der Waals surface area contributed by atoms with Gasteiger partial charge in [-0.05, 0) is 43.2 Å². The van der Waals surface area contributed by atoms with Gasteiger partial charge < -0.3 is 30.2 Å². The summed E-state index contributed by atoms with van der Waals surface area (Å²) < 4.78 is 11.5. The summed E-state index contributed by atoms with van der Waals surface area (Å²) in [7, 11) is 0. The number of nitrogens with zero attached hydrogens (tertiary/aromatic N) is 1. The lowest BCUT2D eigenvalue weighted by atomic mass is 9.80. The lowest BCUT2D eigenvalue weighted by molar-refractivity contribution is -0.157. The number of rotatable bonds is 10. The number of nitrogens with two attached hydrogens (primary N) is 1. The van der Waals surface area contributed by atoms with Gasteiger partial charge in [-0.25, -0.2) is 0 Å². The van der Waals surface area contributed by atoms with E-state index < -0.39 is 29.7 Å². The Bertz CT molecular complexity index is 1270. The Morgan fingerprint density at radius 1 is 1.20 bits per heavy atom. The molecule has 182 valence electrons. The van der Waals surface area contributed by atoms with E-state index in [0.29, 0.717) is 34.3 Å². The maximum Gasteiger partial charge on any atom is 0.312 e. The molecule has 4 rings (SSSR count). The van der Waals surface area contributed by atoms with Crippen molar-refractivity contribution >= 4 is 34.6 Å². The quantitative estimate of drug-likeness (QED) is 0.150. The average molecular weight is 479 g/mol. The van der Waals surface area contributed by atoms with Crippen molar-refractivity contribution in [3.63, 3.8) is 0 Å². The van der Waals surface area contributed by atoms with Crippen LogP contribution in [0.15, 0.2) is 59.2 Å². The zero-order valence-corrected chi connectivity index (χ0v) is 19.0. The molecule has 35 heavy (non-hydrogen) atoms. The molecule has 2 aromatic carbocycles. The number of carboxylic acid groups (broad SMARTS) is 1. The third-order valence-electron chi connectivity index (χ3n) is 6.17. The summed E-state index contributed by atoms with van der Waals surface area (Å²) >= 11 is 0. The molecule has 1 saturated heterocycles. The van der Waals surface area contributed by atoms with Crippen molar-refractivity contribution < 1.29 is 28.6 Å². The molecular formula is C25H26N4O6. The van der Waals surface area contributed by atoms with Gasteiger partial charge in [-0.2, -0.15) is 0 Å². The van der Waals surface area contributed by atoms with Crippen LogP contribution in [0.25, 0.3) is 11.0 Å². The van der Waals surface area contributed by atoms with Crippen molar-refractivity contribution in [1.82, 2.24) is 10.2 Å². The summed E-state index contributed by atoms with van der Waals surface area (Å²) in [5.74, 6) is -2.11. The number of piperazine rings is 1. The van der Waals surface area contributed by atoms with Gasteiger partial charge in [-0.3, -0.25) is 19.8 Å². The number of furan rings is 1. The molecular weight excluding hydrogens is 452 g/mol. The second kappa shape index (κ2) is 9.88. The summed E-state index contributed by atoms with van der Waals surface area (Å²) in [5.41, 5.74) is 5.85. The largest absolute Gasteiger partial charge is 0.494 e. The van der Waals surface area contributed by atoms with Crippen LogP contribution in [0.4, 0.5) is 0 Å². The monoisotopic (exact) mass is 478 g/mol. The molecule has 1 aromatic heterocycles. The van der Waals surface area contributed by atoms with E-state index in [9.17, 15) is 19.5 Å². The van der Waals surface area contributed by atoms with Crippen molar-refractivity contribution in [1.29, 1.82) is 5.41 Å². The lowest BCUT2D eigenvalue weighted by Crippen LogP contribution is -2.60. The second-order valence-corrected chi connectivity index (χ2v) is 8.35. The van der Waals surface area contributed by atoms with Crippen molar-refractivity contribution in [2.75, 3.05) is 19.7 Å². The smallest absolute Gasteiger partial charge is 0.312 e. The van der Waals surface area contributed by atoms with Gasteiger partial charge in [0.15, 0.2) is 0 Å². The molecule has 10 heteroatoms. The predicted octanol–water partition coefficient (Wildman–Crippen LogP) is 2.20. The number of carboxylic acids is 1. The summed E-state index contributed by atoms with van der Waals surface area (Å²) in [5, 5.41) is 20.6. The SMILES string of the molecule is N=C(N)c1ccc(OCCCC(CC(=O)O)(c2coc3ccccc23)N2CCNC(=O)C2=O)cc1. The molecule has 1 aliphatic rings. The van der Waals surface area contributed by atoms with Gasteiger partial charge in [0, 0.05) is 29.6 Å². The van der Waals surface area contributed by atoms with Gasteiger partial charge in [0.05, 0.1) is 24.8 Å². The van der Waals surface area contributed by atoms with Gasteiger partial charge in [-0.1, -0.05) is 18.2 Å². The molecule has 0 bridgehead atoms. The van der Waals surface area contributed by atoms with E-state index >= 15 is 0 Å². The Hall–Kier alpha value is -4.34. The fourth-order valence-corrected chi connectivity index (χ4v) is 4.56. The van der Waals surface area contributed by atoms with E-state index in [0.717, 1.165) is 0 Å². The van der Waals surface area contributed by atoms with Crippen molar-refractivity contribution in [3.05, 3.63) is 65.9 Å². The molecule has 10 nitrogen and oxygen atoms in total. The third-order valence-corrected chi connectivity index (χ3v) is 6.17. The number of hydrogen-bond acceptors (Lipinski definition) is 6. The first-order valence-corrected chi connectivity index (χ1v) is 11.2. The Morgan fingerprint density at radius 2 is 1.94 bits per heavy atom. The van der Waals surface area contributed by atoms with Gasteiger partial charge in [0.25, 0.3) is 0 Å². The average Bonchev–Trinajstić information content (AvgIpc) is 3.28. The summed E-state index contributed by atoms with van der Waals surface area (Å²) in [6.45, 7) is 0.635. The molecule has 0 saturated carbocycles. The zero-order chi connectivity index (χ0) is 25.0. The van der Waals surface area contributed by atoms with Crippen LogP contribution >= 0.6 is 0 Å². The van der Waals surface area contributed by atoms with Crippen LogP contribution in [0.2, 0.25) is 0 Å². The van der Waals surface area contributed by atoms with Crippen LogP contribution in [0.5, 0.6) is 5.75 Å². The predicted molar refractivity (Wildman–Crippen MR) is 127 cm³/mol. The third kappa shape index (κ3) is 4.81. The highest BCUT2D eigenvalue weighted by Crippen LogP contribution is 2.42. The number of hydrogen-bond donors (Lipinski definition) is 4. The lowest BCUT2D eigenvalue weighted by Gasteiger charge is -2.44. The number of para-hydroxylation sites is 1. The molecule has 5 N–H and O–H groups in total. The van der Waals surface area contributed by atoms with E-state index in [1.165, 1.54) is 11.2 Å². The number of aliphatic carboxylic acids is 1. The normalized spacial score (nSPS) is 15.5. The first-order valence-electron chi connectivity index (χ1n) is 11.2. The summed E-state index contributed by atoms with van der Waals surface area (Å²) in [4.78, 5) is 38.6. The molecule has 2 amide bonds. The van der Waals surface area contributed by atoms with Crippen LogP contribution in [0.3, 0.4) is 0 Å². The number of benzene rings is 2. The van der Waals surface area contributed by atoms with Crippen LogP contribution < -0.4 is 15.8 Å². The van der Waals surface area contributed by atoms with Gasteiger partial charge >= 0.3 is 17.8 Å². The molecule has 0 aliphatic carbocycles. The minimum absolute atomic E-state index is 0.0439. The number of amides is 2. The van der Waals surface area contributed by atoms with Crippen molar-refractivity contribution in [3.8, 4) is 5.75 Å². The number of nitrogen functional groups attached to an aromatic ring is 1. The van der Waals surface area contributed by atoms with Gasteiger partial charge in [0.1, 0.15) is 17.2 Å². The van der Waals surface area contributed by atoms with E-state index in [1.54, 1.807) is 36.4 Å². The molecule has 1 unspecified atom stereocenters. The summed E-state index contributed by atoms with van der Waals surface area (Å²) in [6.07, 6.45) is 1.71. The number of carbonyl (C=O) groups excluding carboxylic acids is 2. The molecule has 0 spiro atoms. The minimum Gasteiger partial charge on any atom is -0.494 e. The molecule has 0 radical (unpaired) electrons. The number of ether oxygens (including phenoxy) is 1. The van der Waals surface area contributed by atoms with Crippen molar-refractivity contribution in [2.24, 2.45) is 5.73 Å². The molecule has 1 fully saturated rings. The number of amidine groups is 1. The van der Waals surface area contributed by atoms with Crippen LogP contribution in [0, 0.1) is 5.41 Å². The Kier molecular flexibility index (Phi) is 6.72. The van der Waals surface area contributed by atoms with Crippen molar-refractivity contribution in [2.45, 2.75) is 24.8 Å². The molecule has 3 aromatic rings. The van der Waals surface area contributed by atoms with E-state index in [4.69, 9.17) is 20.3 Å². The maximum atomic E-state index is 13.0. The first-order chi connectivity index (χ1) is 16.8. The highest BCUT2D eigenvalue weighted by atomic mass is 16.5. The summed E-state index contributed by atoms with van der Waals surface area (Å²) in [6, 6.07) is 13.9. The molecule has 2 heterocycles. The first kappa shape index (κ1) is 23.8. The van der Waals surface area contributed by atoms with E-state index in [2.05, 4.69) is 5.32 Å². The molecule has 1 atom stereocenters. The fraction of sp³-hybridized carbons (Fsp3) is 0.280. The number of nitrogens with one attached hydrogen (secondary N) is 2. The zero-order valence-electron chi connectivity index (χ0n) is 19.0. The number of fused-ring (bicyclic) bond motifs is 1. The van der Waals surface area contributed by atoms with E-state index in [-0.39, 0.29) is 32.0 Å². The Labute approximate surface area is 201 Å². The highest BCUT2D eigenvalue weighted by Gasteiger charge is 2.47. The van der Waals surface area contributed by atoms with E-state index in [1.807, 2.05) is 12.1 Å². The highest BCUT2D eigenvalue weighted by molar-refractivity contribution is 6.35. The number of carbonyl (C=O) groups is 3. The minimum atomic E-state index is -1.31. The van der Waals surface area contributed by atoms with Gasteiger partial charge in [-0.15, -0.1) is 0 Å². The maximum absolute atomic E-state index is 13.0. The van der Waals surface area contributed by atoms with Crippen LogP contribution in [0.1, 0.15) is 30.4 Å². The standard InChI is InChI=1S/C25H26N4O6/c26-22(27)16-6-8-17(9-7-16)34-13-3-10-25(14-21(30)31,29-12-11-28-23(32)24(29)33)19-15-35-20-5-2-1-4-18(19)20/h1-2,4-9,15H,3,10-14H2,(H3,26,27)(H,28,32)(H,30,31).